The van der Waals surface area contributed by atoms with E-state index in [0.717, 1.165) is 24.2 Å². The summed E-state index contributed by atoms with van der Waals surface area (Å²) in [7, 11) is 1.62. The van der Waals surface area contributed by atoms with Gasteiger partial charge in [0.1, 0.15) is 42.0 Å². The van der Waals surface area contributed by atoms with Crippen LogP contribution in [0.4, 0.5) is 0 Å². The van der Waals surface area contributed by atoms with Crippen LogP contribution in [0.3, 0.4) is 0 Å². The average molecular weight is 521 g/mol. The summed E-state index contributed by atoms with van der Waals surface area (Å²) < 4.78 is 41.5. The number of furan rings is 1. The Bertz CT molecular complexity index is 930. The molecule has 1 aromatic carbocycles. The van der Waals surface area contributed by atoms with E-state index in [4.69, 9.17) is 32.8 Å². The highest BCUT2D eigenvalue weighted by atomic mass is 16.7. The topological polar surface area (TPSA) is 109 Å². The maximum absolute atomic E-state index is 11.2. The first-order chi connectivity index (χ1) is 17.8. The summed E-state index contributed by atoms with van der Waals surface area (Å²) in [5.41, 5.74) is 0.936. The summed E-state index contributed by atoms with van der Waals surface area (Å²) in [6, 6.07) is 10.9. The molecule has 2 N–H and O–H groups in total. The van der Waals surface area contributed by atoms with Crippen LogP contribution in [0.5, 0.6) is 5.75 Å². The summed E-state index contributed by atoms with van der Waals surface area (Å²) in [4.78, 5) is 0. The Morgan fingerprint density at radius 1 is 1.08 bits per heavy atom. The smallest absolute Gasteiger partial charge is 0.163 e. The van der Waals surface area contributed by atoms with E-state index in [9.17, 15) is 10.2 Å². The van der Waals surface area contributed by atoms with Crippen molar-refractivity contribution < 1.29 is 43.1 Å². The van der Waals surface area contributed by atoms with E-state index in [1.165, 1.54) is 6.26 Å². The van der Waals surface area contributed by atoms with Gasteiger partial charge >= 0.3 is 0 Å². The van der Waals surface area contributed by atoms with Gasteiger partial charge in [-0.1, -0.05) is 25.5 Å². The number of hydrogen-bond donors (Lipinski definition) is 2. The molecule has 4 rings (SSSR count). The number of rotatable bonds is 13. The molecule has 2 saturated heterocycles. The molecule has 0 radical (unpaired) electrons. The van der Waals surface area contributed by atoms with Gasteiger partial charge < -0.3 is 43.1 Å². The van der Waals surface area contributed by atoms with Crippen molar-refractivity contribution in [1.82, 2.24) is 0 Å². The highest BCUT2D eigenvalue weighted by Gasteiger charge is 2.52. The fraction of sp³-hybridized carbons (Fsp3) is 0.643. The Balaban J connectivity index is 1.55. The van der Waals surface area contributed by atoms with Gasteiger partial charge in [-0.15, -0.1) is 0 Å². The van der Waals surface area contributed by atoms with Gasteiger partial charge in [0.15, 0.2) is 5.79 Å². The molecule has 2 aliphatic heterocycles. The van der Waals surface area contributed by atoms with E-state index in [1.807, 2.05) is 38.1 Å². The molecular formula is C28H40O9. The second-order valence-electron chi connectivity index (χ2n) is 10.1. The summed E-state index contributed by atoms with van der Waals surface area (Å²) in [6.45, 7) is 7.10. The number of aliphatic hydroxyl groups excluding tert-OH is 2. The van der Waals surface area contributed by atoms with Crippen molar-refractivity contribution in [1.29, 1.82) is 0 Å². The predicted octanol–water partition coefficient (Wildman–Crippen LogP) is 3.76. The van der Waals surface area contributed by atoms with E-state index in [0.29, 0.717) is 19.6 Å². The van der Waals surface area contributed by atoms with Crippen molar-refractivity contribution in [2.75, 3.05) is 20.3 Å². The molecule has 7 atom stereocenters. The molecule has 2 aliphatic rings. The zero-order chi connectivity index (χ0) is 26.4. The average Bonchev–Trinajstić information content (AvgIpc) is 3.62. The Morgan fingerprint density at radius 3 is 2.49 bits per heavy atom. The number of aliphatic hydroxyl groups is 2. The maximum Gasteiger partial charge on any atom is 0.163 e. The Morgan fingerprint density at radius 2 is 1.86 bits per heavy atom. The van der Waals surface area contributed by atoms with Crippen LogP contribution in [0, 0.1) is 0 Å². The van der Waals surface area contributed by atoms with Crippen molar-refractivity contribution >= 4 is 0 Å². The van der Waals surface area contributed by atoms with Crippen LogP contribution in [0.1, 0.15) is 57.5 Å². The van der Waals surface area contributed by atoms with Crippen LogP contribution in [-0.2, 0) is 30.3 Å². The first-order valence-electron chi connectivity index (χ1n) is 13.0. The predicted molar refractivity (Wildman–Crippen MR) is 134 cm³/mol. The van der Waals surface area contributed by atoms with Crippen molar-refractivity contribution in [2.24, 2.45) is 0 Å². The zero-order valence-corrected chi connectivity index (χ0v) is 22.1. The molecule has 3 heterocycles. The Labute approximate surface area is 218 Å². The van der Waals surface area contributed by atoms with Crippen molar-refractivity contribution in [3.63, 3.8) is 0 Å². The van der Waals surface area contributed by atoms with Gasteiger partial charge in [0, 0.05) is 13.0 Å². The van der Waals surface area contributed by atoms with Gasteiger partial charge in [-0.25, -0.2) is 0 Å². The Kier molecular flexibility index (Phi) is 9.63. The van der Waals surface area contributed by atoms with E-state index in [1.54, 1.807) is 19.2 Å². The maximum atomic E-state index is 11.2. The van der Waals surface area contributed by atoms with Gasteiger partial charge in [-0.2, -0.15) is 0 Å². The molecule has 206 valence electrons. The number of ether oxygens (including phenoxy) is 6. The molecule has 0 bridgehead atoms. The standard InChI is InChI=1S/C28H40O9/c1-5-6-13-33-25-22(15-20-17-35-28(2,3)37-20)36-26(24(30)23(29)21-8-7-14-32-21)27(25)34-16-18-9-11-19(31-4)12-10-18/h7-12,14,20,22-27,29-30H,5-6,13,15-17H2,1-4H3/t20?,22?,23-,24+,25?,26-,27+/m0/s1. The molecule has 2 aromatic rings. The molecule has 0 spiro atoms. The SMILES string of the molecule is CCCCOC1C(CC2COC(C)(C)O2)O[C@@H]([C@H](O)[C@@H](O)c2ccco2)[C@@H]1OCc1ccc(OC)cc1. The molecule has 0 saturated carbocycles. The van der Waals surface area contributed by atoms with Gasteiger partial charge in [-0.3, -0.25) is 0 Å². The van der Waals surface area contributed by atoms with Crippen LogP contribution in [0.15, 0.2) is 47.1 Å². The third-order valence-corrected chi connectivity index (χ3v) is 6.81. The lowest BCUT2D eigenvalue weighted by Gasteiger charge is -2.28. The number of benzene rings is 1. The van der Waals surface area contributed by atoms with E-state index in [2.05, 4.69) is 6.92 Å². The van der Waals surface area contributed by atoms with Crippen LogP contribution in [-0.4, -0.2) is 72.9 Å². The van der Waals surface area contributed by atoms with Crippen molar-refractivity contribution in [3.05, 3.63) is 54.0 Å². The molecule has 1 aromatic heterocycles. The second-order valence-corrected chi connectivity index (χ2v) is 10.1. The first kappa shape index (κ1) is 28.0. The fourth-order valence-electron chi connectivity index (χ4n) is 4.84. The molecular weight excluding hydrogens is 480 g/mol. The number of hydrogen-bond acceptors (Lipinski definition) is 9. The lowest BCUT2D eigenvalue weighted by molar-refractivity contribution is -0.148. The van der Waals surface area contributed by atoms with Gasteiger partial charge in [0.2, 0.25) is 0 Å². The lowest BCUT2D eigenvalue weighted by atomic mass is 9.97. The highest BCUT2D eigenvalue weighted by molar-refractivity contribution is 5.26. The summed E-state index contributed by atoms with van der Waals surface area (Å²) >= 11 is 0. The second kappa shape index (κ2) is 12.7. The monoisotopic (exact) mass is 520 g/mol. The first-order valence-corrected chi connectivity index (χ1v) is 13.0. The molecule has 9 heteroatoms. The minimum Gasteiger partial charge on any atom is -0.497 e. The molecule has 0 aliphatic carbocycles. The fourth-order valence-corrected chi connectivity index (χ4v) is 4.84. The van der Waals surface area contributed by atoms with Crippen LogP contribution in [0.2, 0.25) is 0 Å². The van der Waals surface area contributed by atoms with Crippen LogP contribution < -0.4 is 4.74 Å². The van der Waals surface area contributed by atoms with Gasteiger partial charge in [0.05, 0.1) is 38.8 Å². The quantitative estimate of drug-likeness (QED) is 0.382. The molecule has 3 unspecified atom stereocenters. The van der Waals surface area contributed by atoms with Crippen molar-refractivity contribution in [3.8, 4) is 5.75 Å². The third kappa shape index (κ3) is 7.11. The van der Waals surface area contributed by atoms with E-state index in [-0.39, 0.29) is 18.5 Å². The summed E-state index contributed by atoms with van der Waals surface area (Å²) in [6.07, 6.45) is -1.35. The molecule has 0 amide bonds. The normalized spacial score (nSPS) is 28.9. The zero-order valence-electron chi connectivity index (χ0n) is 22.1. The summed E-state index contributed by atoms with van der Waals surface area (Å²) in [5, 5.41) is 22.1. The van der Waals surface area contributed by atoms with E-state index >= 15 is 0 Å². The third-order valence-electron chi connectivity index (χ3n) is 6.81. The van der Waals surface area contributed by atoms with Crippen LogP contribution >= 0.6 is 0 Å². The molecule has 2 fully saturated rings. The Hall–Kier alpha value is -1.98. The summed E-state index contributed by atoms with van der Waals surface area (Å²) in [5.74, 6) is 0.345. The van der Waals surface area contributed by atoms with Gasteiger partial charge in [0.25, 0.3) is 0 Å². The van der Waals surface area contributed by atoms with E-state index < -0.39 is 42.4 Å². The largest absolute Gasteiger partial charge is 0.497 e. The lowest BCUT2D eigenvalue weighted by Crippen LogP contribution is -2.44. The minimum atomic E-state index is -1.30. The molecule has 9 nitrogen and oxygen atoms in total. The number of unbranched alkanes of at least 4 members (excludes halogenated alkanes) is 1. The highest BCUT2D eigenvalue weighted by Crippen LogP contribution is 2.37. The number of methoxy groups -OCH3 is 1. The molecule has 37 heavy (non-hydrogen) atoms. The van der Waals surface area contributed by atoms with Crippen LogP contribution in [0.25, 0.3) is 0 Å². The van der Waals surface area contributed by atoms with Crippen molar-refractivity contribution in [2.45, 2.75) is 95.2 Å². The minimum absolute atomic E-state index is 0.189. The van der Waals surface area contributed by atoms with Gasteiger partial charge in [-0.05, 0) is 50.1 Å².